The standard InChI is InChI=1S/C20H24FN5OS/c1-6-11-26-17(15-7-9-16(21)10-8-15)24-25-19(26)28-14(4)18(27)23-20(5,12-22)13(2)3/h6-10,13-14H,1,11H2,2-5H3,(H,23,27). The van der Waals surface area contributed by atoms with E-state index in [4.69, 9.17) is 0 Å². The minimum absolute atomic E-state index is 0.0341. The highest BCUT2D eigenvalue weighted by Crippen LogP contribution is 2.28. The minimum Gasteiger partial charge on any atom is -0.337 e. The fraction of sp³-hybridized carbons (Fsp3) is 0.400. The van der Waals surface area contributed by atoms with Crippen molar-refractivity contribution in [2.75, 3.05) is 0 Å². The number of rotatable bonds is 8. The van der Waals surface area contributed by atoms with Gasteiger partial charge in [-0.05, 0) is 44.0 Å². The lowest BCUT2D eigenvalue weighted by Crippen LogP contribution is -2.51. The fourth-order valence-corrected chi connectivity index (χ4v) is 3.21. The lowest BCUT2D eigenvalue weighted by Gasteiger charge is -2.28. The third-order valence-electron chi connectivity index (χ3n) is 4.55. The van der Waals surface area contributed by atoms with E-state index in [2.05, 4.69) is 28.2 Å². The minimum atomic E-state index is -0.944. The molecule has 0 aliphatic carbocycles. The third kappa shape index (κ3) is 4.78. The van der Waals surface area contributed by atoms with Gasteiger partial charge in [0, 0.05) is 12.1 Å². The Labute approximate surface area is 168 Å². The Kier molecular flexibility index (Phi) is 6.97. The number of carbonyl (C=O) groups excluding carboxylic acids is 1. The zero-order valence-electron chi connectivity index (χ0n) is 16.4. The van der Waals surface area contributed by atoms with Crippen molar-refractivity contribution in [3.63, 3.8) is 0 Å². The molecule has 0 aliphatic heterocycles. The molecule has 1 amide bonds. The molecule has 0 saturated heterocycles. The monoisotopic (exact) mass is 401 g/mol. The van der Waals surface area contributed by atoms with E-state index in [1.807, 2.05) is 18.4 Å². The van der Waals surface area contributed by atoms with E-state index >= 15 is 0 Å². The molecule has 1 aromatic heterocycles. The first-order chi connectivity index (χ1) is 13.2. The smallest absolute Gasteiger partial charge is 0.234 e. The van der Waals surface area contributed by atoms with Gasteiger partial charge in [0.1, 0.15) is 11.4 Å². The van der Waals surface area contributed by atoms with Crippen LogP contribution in [0.4, 0.5) is 4.39 Å². The number of carbonyl (C=O) groups is 1. The van der Waals surface area contributed by atoms with Crippen LogP contribution in [-0.4, -0.2) is 31.5 Å². The van der Waals surface area contributed by atoms with Crippen molar-refractivity contribution in [2.24, 2.45) is 5.92 Å². The van der Waals surface area contributed by atoms with E-state index in [0.717, 1.165) is 5.56 Å². The predicted molar refractivity (Wildman–Crippen MR) is 108 cm³/mol. The maximum Gasteiger partial charge on any atom is 0.234 e. The quantitative estimate of drug-likeness (QED) is 0.537. The van der Waals surface area contributed by atoms with Gasteiger partial charge >= 0.3 is 0 Å². The molecule has 2 rings (SSSR count). The summed E-state index contributed by atoms with van der Waals surface area (Å²) in [4.78, 5) is 12.6. The van der Waals surface area contributed by atoms with E-state index < -0.39 is 10.8 Å². The second kappa shape index (κ2) is 9.02. The number of nitrogens with zero attached hydrogens (tertiary/aromatic N) is 4. The molecule has 2 unspecified atom stereocenters. The second-order valence-corrected chi connectivity index (χ2v) is 8.24. The van der Waals surface area contributed by atoms with E-state index in [-0.39, 0.29) is 17.6 Å². The van der Waals surface area contributed by atoms with Crippen LogP contribution in [0.1, 0.15) is 27.7 Å². The van der Waals surface area contributed by atoms with Crippen LogP contribution in [0.2, 0.25) is 0 Å². The first-order valence-electron chi connectivity index (χ1n) is 8.91. The Hall–Kier alpha value is -2.66. The van der Waals surface area contributed by atoms with Crippen LogP contribution in [0.5, 0.6) is 0 Å². The Morgan fingerprint density at radius 2 is 2.04 bits per heavy atom. The molecule has 2 aromatic rings. The first-order valence-corrected chi connectivity index (χ1v) is 9.79. The summed E-state index contributed by atoms with van der Waals surface area (Å²) in [7, 11) is 0. The van der Waals surface area contributed by atoms with E-state index in [9.17, 15) is 14.4 Å². The average Bonchev–Trinajstić information content (AvgIpc) is 3.04. The highest BCUT2D eigenvalue weighted by atomic mass is 32.2. The van der Waals surface area contributed by atoms with Crippen LogP contribution in [0.3, 0.4) is 0 Å². The van der Waals surface area contributed by atoms with E-state index in [1.165, 1.54) is 23.9 Å². The number of nitrogens with one attached hydrogen (secondary N) is 1. The van der Waals surface area contributed by atoms with Gasteiger partial charge in [-0.15, -0.1) is 16.8 Å². The molecular weight excluding hydrogens is 377 g/mol. The number of thioether (sulfide) groups is 1. The second-order valence-electron chi connectivity index (χ2n) is 6.93. The van der Waals surface area contributed by atoms with Crippen LogP contribution >= 0.6 is 11.8 Å². The topological polar surface area (TPSA) is 83.6 Å². The molecule has 0 saturated carbocycles. The highest BCUT2D eigenvalue weighted by molar-refractivity contribution is 8.00. The Balaban J connectivity index is 2.23. The van der Waals surface area contributed by atoms with Crippen LogP contribution in [0.25, 0.3) is 11.4 Å². The Morgan fingerprint density at radius 3 is 2.57 bits per heavy atom. The van der Waals surface area contributed by atoms with E-state index in [0.29, 0.717) is 17.5 Å². The molecule has 1 aromatic carbocycles. The highest BCUT2D eigenvalue weighted by Gasteiger charge is 2.32. The van der Waals surface area contributed by atoms with Gasteiger partial charge in [-0.2, -0.15) is 5.26 Å². The lowest BCUT2D eigenvalue weighted by atomic mass is 9.90. The molecule has 0 bridgehead atoms. The molecule has 0 spiro atoms. The molecule has 0 aliphatic rings. The maximum atomic E-state index is 13.2. The zero-order chi connectivity index (χ0) is 20.9. The maximum absolute atomic E-state index is 13.2. The van der Waals surface area contributed by atoms with Crippen LogP contribution in [-0.2, 0) is 11.3 Å². The van der Waals surface area contributed by atoms with Gasteiger partial charge in [0.05, 0.1) is 11.3 Å². The van der Waals surface area contributed by atoms with Crippen molar-refractivity contribution in [3.05, 3.63) is 42.7 Å². The lowest BCUT2D eigenvalue weighted by molar-refractivity contribution is -0.121. The van der Waals surface area contributed by atoms with Gasteiger partial charge in [-0.3, -0.25) is 9.36 Å². The van der Waals surface area contributed by atoms with Gasteiger partial charge in [-0.25, -0.2) is 4.39 Å². The summed E-state index contributed by atoms with van der Waals surface area (Å²) in [6.07, 6.45) is 1.71. The Morgan fingerprint density at radius 1 is 1.39 bits per heavy atom. The number of nitriles is 1. The SMILES string of the molecule is C=CCn1c(SC(C)C(=O)NC(C)(C#N)C(C)C)nnc1-c1ccc(F)cc1. The van der Waals surface area contributed by atoms with Crippen molar-refractivity contribution in [1.29, 1.82) is 5.26 Å². The molecule has 0 fully saturated rings. The molecule has 148 valence electrons. The molecule has 2 atom stereocenters. The van der Waals surface area contributed by atoms with Gasteiger partial charge in [-0.1, -0.05) is 31.7 Å². The predicted octanol–water partition coefficient (Wildman–Crippen LogP) is 3.81. The molecule has 6 nitrogen and oxygen atoms in total. The number of hydrogen-bond donors (Lipinski definition) is 1. The molecule has 28 heavy (non-hydrogen) atoms. The van der Waals surface area contributed by atoms with Crippen molar-refractivity contribution in [2.45, 2.75) is 50.2 Å². The number of benzene rings is 1. The summed E-state index contributed by atoms with van der Waals surface area (Å²) in [5, 5.41) is 20.7. The van der Waals surface area contributed by atoms with Gasteiger partial charge in [0.25, 0.3) is 0 Å². The summed E-state index contributed by atoms with van der Waals surface area (Å²) in [6, 6.07) is 8.15. The normalized spacial score (nSPS) is 14.2. The van der Waals surface area contributed by atoms with Crippen molar-refractivity contribution < 1.29 is 9.18 Å². The average molecular weight is 402 g/mol. The van der Waals surface area contributed by atoms with Gasteiger partial charge in [0.15, 0.2) is 11.0 Å². The van der Waals surface area contributed by atoms with Crippen LogP contribution in [0, 0.1) is 23.1 Å². The van der Waals surface area contributed by atoms with E-state index in [1.54, 1.807) is 32.1 Å². The molecule has 1 heterocycles. The van der Waals surface area contributed by atoms with Crippen molar-refractivity contribution in [3.8, 4) is 17.5 Å². The summed E-state index contributed by atoms with van der Waals surface area (Å²) >= 11 is 1.25. The summed E-state index contributed by atoms with van der Waals surface area (Å²) in [6.45, 7) is 11.4. The van der Waals surface area contributed by atoms with Crippen LogP contribution in [0.15, 0.2) is 42.1 Å². The summed E-state index contributed by atoms with van der Waals surface area (Å²) < 4.78 is 15.0. The van der Waals surface area contributed by atoms with Crippen LogP contribution < -0.4 is 5.32 Å². The third-order valence-corrected chi connectivity index (χ3v) is 5.63. The molecule has 0 radical (unpaired) electrons. The number of hydrogen-bond acceptors (Lipinski definition) is 5. The summed E-state index contributed by atoms with van der Waals surface area (Å²) in [5.74, 6) is -0.0458. The molecular formula is C20H24FN5OS. The number of amides is 1. The summed E-state index contributed by atoms with van der Waals surface area (Å²) in [5.41, 5.74) is -0.225. The largest absolute Gasteiger partial charge is 0.337 e. The fourth-order valence-electron chi connectivity index (χ4n) is 2.35. The van der Waals surface area contributed by atoms with Crippen molar-refractivity contribution in [1.82, 2.24) is 20.1 Å². The van der Waals surface area contributed by atoms with Crippen molar-refractivity contribution >= 4 is 17.7 Å². The number of allylic oxidation sites excluding steroid dienone is 1. The zero-order valence-corrected chi connectivity index (χ0v) is 17.3. The van der Waals surface area contributed by atoms with Gasteiger partial charge in [0.2, 0.25) is 5.91 Å². The number of halogens is 1. The first kappa shape index (κ1) is 21.6. The Bertz CT molecular complexity index is 887. The number of aromatic nitrogens is 3. The van der Waals surface area contributed by atoms with Gasteiger partial charge < -0.3 is 5.32 Å². The molecule has 8 heteroatoms. The molecule has 1 N–H and O–H groups in total.